The minimum atomic E-state index is -0.0146. The lowest BCUT2D eigenvalue weighted by Gasteiger charge is -2.05. The molecule has 0 aromatic heterocycles. The van der Waals surface area contributed by atoms with Crippen LogP contribution in [-0.2, 0) is 16.1 Å². The van der Waals surface area contributed by atoms with Gasteiger partial charge in [-0.1, -0.05) is 12.1 Å². The largest absolute Gasteiger partial charge is 0.399 e. The molecule has 0 unspecified atom stereocenters. The number of ether oxygens (including phenoxy) is 1. The molecular formula is C11H16N2O2. The van der Waals surface area contributed by atoms with Gasteiger partial charge in [0.25, 0.3) is 0 Å². The van der Waals surface area contributed by atoms with Crippen LogP contribution in [0.1, 0.15) is 12.0 Å². The summed E-state index contributed by atoms with van der Waals surface area (Å²) in [4.78, 5) is 11.2. The summed E-state index contributed by atoms with van der Waals surface area (Å²) in [6.45, 7) is 0.955. The standard InChI is InChI=1S/C11H16N2O2/c1-15-6-5-11(14)13-8-9-3-2-4-10(12)7-9/h2-4,7H,5-6,8,12H2,1H3,(H,13,14). The fourth-order valence-electron chi connectivity index (χ4n) is 1.19. The maximum Gasteiger partial charge on any atom is 0.222 e. The molecule has 0 saturated heterocycles. The predicted octanol–water partition coefficient (Wildman–Crippen LogP) is 0.921. The first kappa shape index (κ1) is 11.5. The Labute approximate surface area is 89.4 Å². The van der Waals surface area contributed by atoms with E-state index in [9.17, 15) is 4.79 Å². The van der Waals surface area contributed by atoms with E-state index in [1.807, 2.05) is 24.3 Å². The molecule has 15 heavy (non-hydrogen) atoms. The Hall–Kier alpha value is -1.55. The molecule has 3 N–H and O–H groups in total. The Morgan fingerprint density at radius 3 is 3.00 bits per heavy atom. The van der Waals surface area contributed by atoms with E-state index in [0.29, 0.717) is 25.3 Å². The van der Waals surface area contributed by atoms with E-state index in [1.165, 1.54) is 0 Å². The van der Waals surface area contributed by atoms with E-state index >= 15 is 0 Å². The zero-order valence-electron chi connectivity index (χ0n) is 8.82. The molecule has 0 aliphatic rings. The van der Waals surface area contributed by atoms with Gasteiger partial charge in [-0.2, -0.15) is 0 Å². The van der Waals surface area contributed by atoms with Crippen LogP contribution in [0.25, 0.3) is 0 Å². The summed E-state index contributed by atoms with van der Waals surface area (Å²) in [6, 6.07) is 7.45. The zero-order chi connectivity index (χ0) is 11.1. The molecule has 82 valence electrons. The van der Waals surface area contributed by atoms with Gasteiger partial charge in [-0.15, -0.1) is 0 Å². The van der Waals surface area contributed by atoms with Gasteiger partial charge in [-0.3, -0.25) is 4.79 Å². The van der Waals surface area contributed by atoms with Crippen LogP contribution in [0.15, 0.2) is 24.3 Å². The molecule has 1 rings (SSSR count). The quantitative estimate of drug-likeness (QED) is 0.707. The average Bonchev–Trinajstić information content (AvgIpc) is 2.23. The Kier molecular flexibility index (Phi) is 4.63. The fourth-order valence-corrected chi connectivity index (χ4v) is 1.19. The molecule has 4 heteroatoms. The number of rotatable bonds is 5. The molecule has 1 amide bonds. The average molecular weight is 208 g/mol. The van der Waals surface area contributed by atoms with Gasteiger partial charge in [-0.25, -0.2) is 0 Å². The van der Waals surface area contributed by atoms with E-state index in [2.05, 4.69) is 5.32 Å². The van der Waals surface area contributed by atoms with Crippen molar-refractivity contribution < 1.29 is 9.53 Å². The molecule has 0 aliphatic carbocycles. The van der Waals surface area contributed by atoms with Crippen LogP contribution >= 0.6 is 0 Å². The molecule has 0 aliphatic heterocycles. The summed E-state index contributed by atoms with van der Waals surface area (Å²) in [5.41, 5.74) is 7.32. The van der Waals surface area contributed by atoms with Crippen LogP contribution in [0.5, 0.6) is 0 Å². The molecule has 1 aromatic carbocycles. The number of amides is 1. The monoisotopic (exact) mass is 208 g/mol. The number of nitrogens with two attached hydrogens (primary N) is 1. The Morgan fingerprint density at radius 1 is 1.53 bits per heavy atom. The SMILES string of the molecule is COCCC(=O)NCc1cccc(N)c1. The van der Waals surface area contributed by atoms with Gasteiger partial charge < -0.3 is 15.8 Å². The highest BCUT2D eigenvalue weighted by atomic mass is 16.5. The van der Waals surface area contributed by atoms with Gasteiger partial charge in [0.05, 0.1) is 6.61 Å². The normalized spacial score (nSPS) is 9.93. The Morgan fingerprint density at radius 2 is 2.33 bits per heavy atom. The predicted molar refractivity (Wildman–Crippen MR) is 59.2 cm³/mol. The number of anilines is 1. The van der Waals surface area contributed by atoms with E-state index in [0.717, 1.165) is 5.56 Å². The number of carbonyl (C=O) groups excluding carboxylic acids is 1. The molecule has 0 bridgehead atoms. The van der Waals surface area contributed by atoms with Crippen LogP contribution in [0.4, 0.5) is 5.69 Å². The molecule has 0 heterocycles. The van der Waals surface area contributed by atoms with Crippen molar-refractivity contribution in [1.82, 2.24) is 5.32 Å². The van der Waals surface area contributed by atoms with Crippen molar-refractivity contribution in [1.29, 1.82) is 0 Å². The van der Waals surface area contributed by atoms with E-state index in [-0.39, 0.29) is 5.91 Å². The van der Waals surface area contributed by atoms with Gasteiger partial charge >= 0.3 is 0 Å². The van der Waals surface area contributed by atoms with Gasteiger partial charge in [0.2, 0.25) is 5.91 Å². The second kappa shape index (κ2) is 6.03. The second-order valence-electron chi connectivity index (χ2n) is 3.26. The first-order chi connectivity index (χ1) is 7.22. The number of nitrogen functional groups attached to an aromatic ring is 1. The number of nitrogens with one attached hydrogen (secondary N) is 1. The molecule has 0 radical (unpaired) electrons. The fraction of sp³-hybridized carbons (Fsp3) is 0.364. The molecule has 4 nitrogen and oxygen atoms in total. The highest BCUT2D eigenvalue weighted by Gasteiger charge is 2.00. The lowest BCUT2D eigenvalue weighted by Crippen LogP contribution is -2.23. The van der Waals surface area contributed by atoms with Gasteiger partial charge in [0, 0.05) is 25.8 Å². The lowest BCUT2D eigenvalue weighted by atomic mass is 10.2. The number of carbonyl (C=O) groups is 1. The maximum atomic E-state index is 11.2. The lowest BCUT2D eigenvalue weighted by molar-refractivity contribution is -0.122. The van der Waals surface area contributed by atoms with Gasteiger partial charge in [0.15, 0.2) is 0 Å². The number of benzene rings is 1. The first-order valence-electron chi connectivity index (χ1n) is 4.82. The summed E-state index contributed by atoms with van der Waals surface area (Å²) >= 11 is 0. The van der Waals surface area contributed by atoms with Crippen molar-refractivity contribution >= 4 is 11.6 Å². The van der Waals surface area contributed by atoms with Crippen molar-refractivity contribution in [3.8, 4) is 0 Å². The van der Waals surface area contributed by atoms with Gasteiger partial charge in [0.1, 0.15) is 0 Å². The summed E-state index contributed by atoms with van der Waals surface area (Å²) in [5.74, 6) is -0.0146. The summed E-state index contributed by atoms with van der Waals surface area (Å²) in [5, 5.41) is 2.79. The molecule has 0 atom stereocenters. The topological polar surface area (TPSA) is 64.3 Å². The van der Waals surface area contributed by atoms with Crippen LogP contribution in [0, 0.1) is 0 Å². The van der Waals surface area contributed by atoms with Crippen molar-refractivity contribution in [3.05, 3.63) is 29.8 Å². The molecular weight excluding hydrogens is 192 g/mol. The van der Waals surface area contributed by atoms with Crippen LogP contribution in [0.3, 0.4) is 0 Å². The summed E-state index contributed by atoms with van der Waals surface area (Å²) in [6.07, 6.45) is 0.388. The van der Waals surface area contributed by atoms with Crippen LogP contribution in [0.2, 0.25) is 0 Å². The third-order valence-corrected chi connectivity index (χ3v) is 1.97. The Bertz CT molecular complexity index is 326. The number of hydrogen-bond donors (Lipinski definition) is 2. The van der Waals surface area contributed by atoms with Crippen LogP contribution < -0.4 is 11.1 Å². The third kappa shape index (κ3) is 4.46. The highest BCUT2D eigenvalue weighted by Crippen LogP contribution is 2.05. The Balaban J connectivity index is 2.33. The minimum absolute atomic E-state index is 0.0146. The molecule has 0 fully saturated rings. The summed E-state index contributed by atoms with van der Waals surface area (Å²) in [7, 11) is 1.57. The smallest absolute Gasteiger partial charge is 0.222 e. The minimum Gasteiger partial charge on any atom is -0.399 e. The maximum absolute atomic E-state index is 11.2. The highest BCUT2D eigenvalue weighted by molar-refractivity contribution is 5.75. The first-order valence-corrected chi connectivity index (χ1v) is 4.82. The van der Waals surface area contributed by atoms with E-state index in [4.69, 9.17) is 10.5 Å². The van der Waals surface area contributed by atoms with Crippen molar-refractivity contribution in [2.45, 2.75) is 13.0 Å². The molecule has 0 saturated carbocycles. The van der Waals surface area contributed by atoms with E-state index < -0.39 is 0 Å². The zero-order valence-corrected chi connectivity index (χ0v) is 8.82. The molecule has 0 spiro atoms. The van der Waals surface area contributed by atoms with E-state index in [1.54, 1.807) is 7.11 Å². The van der Waals surface area contributed by atoms with Crippen molar-refractivity contribution in [2.24, 2.45) is 0 Å². The molecule has 1 aromatic rings. The second-order valence-corrected chi connectivity index (χ2v) is 3.26. The van der Waals surface area contributed by atoms with Gasteiger partial charge in [-0.05, 0) is 17.7 Å². The van der Waals surface area contributed by atoms with Crippen LogP contribution in [-0.4, -0.2) is 19.6 Å². The third-order valence-electron chi connectivity index (χ3n) is 1.97. The van der Waals surface area contributed by atoms with Crippen molar-refractivity contribution in [2.75, 3.05) is 19.5 Å². The van der Waals surface area contributed by atoms with Crippen molar-refractivity contribution in [3.63, 3.8) is 0 Å². The summed E-state index contributed by atoms with van der Waals surface area (Å²) < 4.78 is 4.80. The number of methoxy groups -OCH3 is 1. The number of hydrogen-bond acceptors (Lipinski definition) is 3.